The van der Waals surface area contributed by atoms with Crippen LogP contribution in [-0.4, -0.2) is 17.0 Å². The Hall–Kier alpha value is -1.94. The van der Waals surface area contributed by atoms with Gasteiger partial charge in [0.2, 0.25) is 5.95 Å². The number of benzene rings is 1. The van der Waals surface area contributed by atoms with Crippen LogP contribution in [0.1, 0.15) is 17.0 Å². The maximum atomic E-state index is 5.63. The van der Waals surface area contributed by atoms with Crippen molar-refractivity contribution in [2.75, 3.05) is 11.9 Å². The molecule has 94 valence electrons. The van der Waals surface area contributed by atoms with Gasteiger partial charge in [-0.05, 0) is 18.6 Å². The number of aromatic nitrogens is 2. The lowest BCUT2D eigenvalue weighted by Gasteiger charge is -2.18. The van der Waals surface area contributed by atoms with Crippen molar-refractivity contribution in [3.05, 3.63) is 53.3 Å². The molecule has 0 saturated heterocycles. The second-order valence-corrected chi connectivity index (χ2v) is 4.35. The van der Waals surface area contributed by atoms with Gasteiger partial charge in [0.1, 0.15) is 0 Å². The maximum absolute atomic E-state index is 5.63. The molecule has 1 heterocycles. The average Bonchev–Trinajstić information content (AvgIpc) is 2.39. The van der Waals surface area contributed by atoms with Crippen molar-refractivity contribution in [1.29, 1.82) is 0 Å². The first-order valence-corrected chi connectivity index (χ1v) is 5.98. The number of hydrogen-bond donors (Lipinski definition) is 1. The highest BCUT2D eigenvalue weighted by Crippen LogP contribution is 2.12. The van der Waals surface area contributed by atoms with Crippen molar-refractivity contribution in [2.24, 2.45) is 5.73 Å². The third-order valence-electron chi connectivity index (χ3n) is 2.71. The number of aryl methyl sites for hydroxylation is 1. The summed E-state index contributed by atoms with van der Waals surface area (Å²) >= 11 is 0. The molecular formula is C14H18N4. The van der Waals surface area contributed by atoms with Crippen LogP contribution in [0.2, 0.25) is 0 Å². The number of nitrogens with two attached hydrogens (primary N) is 1. The van der Waals surface area contributed by atoms with E-state index < -0.39 is 0 Å². The van der Waals surface area contributed by atoms with Crippen LogP contribution in [0.25, 0.3) is 0 Å². The molecule has 0 saturated carbocycles. The lowest BCUT2D eigenvalue weighted by molar-refractivity contribution is 0.837. The van der Waals surface area contributed by atoms with E-state index in [2.05, 4.69) is 22.1 Å². The zero-order chi connectivity index (χ0) is 13.0. The summed E-state index contributed by atoms with van der Waals surface area (Å²) in [6, 6.07) is 12.2. The molecule has 2 rings (SSSR count). The highest BCUT2D eigenvalue weighted by atomic mass is 15.2. The molecule has 18 heavy (non-hydrogen) atoms. The summed E-state index contributed by atoms with van der Waals surface area (Å²) in [5.74, 6) is 0.722. The molecule has 1 aromatic carbocycles. The fourth-order valence-corrected chi connectivity index (χ4v) is 1.82. The second kappa shape index (κ2) is 5.60. The van der Waals surface area contributed by atoms with Crippen LogP contribution in [0.5, 0.6) is 0 Å². The number of nitrogens with zero attached hydrogens (tertiary/aromatic N) is 3. The molecule has 2 aromatic rings. The molecule has 0 bridgehead atoms. The Morgan fingerprint density at radius 2 is 1.89 bits per heavy atom. The second-order valence-electron chi connectivity index (χ2n) is 4.35. The van der Waals surface area contributed by atoms with E-state index in [-0.39, 0.29) is 0 Å². The van der Waals surface area contributed by atoms with Gasteiger partial charge in [-0.15, -0.1) is 0 Å². The highest BCUT2D eigenvalue weighted by Gasteiger charge is 2.07. The first-order chi connectivity index (χ1) is 8.69. The standard InChI is InChI=1S/C14H18N4/c1-11-8-13(9-15)17-14(16-11)18(2)10-12-6-4-3-5-7-12/h3-8H,9-10,15H2,1-2H3. The molecule has 0 atom stereocenters. The molecule has 0 aliphatic rings. The minimum Gasteiger partial charge on any atom is -0.340 e. The predicted molar refractivity (Wildman–Crippen MR) is 73.2 cm³/mol. The lowest BCUT2D eigenvalue weighted by atomic mass is 10.2. The molecule has 2 N–H and O–H groups in total. The fraction of sp³-hybridized carbons (Fsp3) is 0.286. The number of hydrogen-bond acceptors (Lipinski definition) is 4. The van der Waals surface area contributed by atoms with E-state index in [0.717, 1.165) is 23.9 Å². The molecule has 0 radical (unpaired) electrons. The Kier molecular flexibility index (Phi) is 3.89. The maximum Gasteiger partial charge on any atom is 0.225 e. The van der Waals surface area contributed by atoms with E-state index in [1.807, 2.05) is 43.1 Å². The molecular weight excluding hydrogens is 224 g/mol. The van der Waals surface area contributed by atoms with Gasteiger partial charge >= 0.3 is 0 Å². The minimum atomic E-state index is 0.440. The van der Waals surface area contributed by atoms with Gasteiger partial charge in [0.15, 0.2) is 0 Å². The van der Waals surface area contributed by atoms with Crippen LogP contribution >= 0.6 is 0 Å². The van der Waals surface area contributed by atoms with Gasteiger partial charge in [0.05, 0.1) is 5.69 Å². The van der Waals surface area contributed by atoms with Crippen LogP contribution in [0.15, 0.2) is 36.4 Å². The lowest BCUT2D eigenvalue weighted by Crippen LogP contribution is -2.20. The molecule has 0 fully saturated rings. The molecule has 0 spiro atoms. The highest BCUT2D eigenvalue weighted by molar-refractivity contribution is 5.33. The summed E-state index contributed by atoms with van der Waals surface area (Å²) in [6.45, 7) is 3.19. The van der Waals surface area contributed by atoms with E-state index in [4.69, 9.17) is 5.73 Å². The van der Waals surface area contributed by atoms with Gasteiger partial charge in [0.25, 0.3) is 0 Å². The van der Waals surface area contributed by atoms with Crippen molar-refractivity contribution in [3.8, 4) is 0 Å². The van der Waals surface area contributed by atoms with E-state index in [9.17, 15) is 0 Å². The Morgan fingerprint density at radius 1 is 1.17 bits per heavy atom. The Labute approximate surface area is 107 Å². The van der Waals surface area contributed by atoms with E-state index >= 15 is 0 Å². The van der Waals surface area contributed by atoms with Crippen molar-refractivity contribution in [3.63, 3.8) is 0 Å². The van der Waals surface area contributed by atoms with Crippen LogP contribution < -0.4 is 10.6 Å². The zero-order valence-electron chi connectivity index (χ0n) is 10.8. The first-order valence-electron chi connectivity index (χ1n) is 5.98. The summed E-state index contributed by atoms with van der Waals surface area (Å²) < 4.78 is 0. The van der Waals surface area contributed by atoms with Gasteiger partial charge in [-0.25, -0.2) is 9.97 Å². The number of anilines is 1. The molecule has 0 aliphatic carbocycles. The fourth-order valence-electron chi connectivity index (χ4n) is 1.82. The summed E-state index contributed by atoms with van der Waals surface area (Å²) in [4.78, 5) is 10.9. The van der Waals surface area contributed by atoms with Crippen molar-refractivity contribution in [1.82, 2.24) is 9.97 Å². The average molecular weight is 242 g/mol. The van der Waals surface area contributed by atoms with Gasteiger partial charge in [-0.1, -0.05) is 30.3 Å². The zero-order valence-corrected chi connectivity index (χ0v) is 10.8. The summed E-state index contributed by atoms with van der Waals surface area (Å²) in [6.07, 6.45) is 0. The van der Waals surface area contributed by atoms with Crippen molar-refractivity contribution < 1.29 is 0 Å². The summed E-state index contributed by atoms with van der Waals surface area (Å²) in [7, 11) is 1.99. The Bertz CT molecular complexity index is 510. The van der Waals surface area contributed by atoms with E-state index in [1.165, 1.54) is 5.56 Å². The van der Waals surface area contributed by atoms with Crippen LogP contribution in [-0.2, 0) is 13.1 Å². The summed E-state index contributed by atoms with van der Waals surface area (Å²) in [5, 5.41) is 0. The first kappa shape index (κ1) is 12.5. The van der Waals surface area contributed by atoms with Gasteiger partial charge in [0, 0.05) is 25.8 Å². The number of rotatable bonds is 4. The Morgan fingerprint density at radius 3 is 2.56 bits per heavy atom. The predicted octanol–water partition coefficient (Wildman–Crippen LogP) is 1.88. The molecule has 0 aliphatic heterocycles. The topological polar surface area (TPSA) is 55.0 Å². The SMILES string of the molecule is Cc1cc(CN)nc(N(C)Cc2ccccc2)n1. The Balaban J connectivity index is 2.18. The largest absolute Gasteiger partial charge is 0.340 e. The summed E-state index contributed by atoms with van der Waals surface area (Å²) in [5.41, 5.74) is 8.68. The van der Waals surface area contributed by atoms with Crippen molar-refractivity contribution in [2.45, 2.75) is 20.0 Å². The third kappa shape index (κ3) is 3.05. The van der Waals surface area contributed by atoms with Gasteiger partial charge < -0.3 is 10.6 Å². The minimum absolute atomic E-state index is 0.440. The van der Waals surface area contributed by atoms with Crippen molar-refractivity contribution >= 4 is 5.95 Å². The van der Waals surface area contributed by atoms with E-state index in [1.54, 1.807) is 0 Å². The molecule has 0 amide bonds. The van der Waals surface area contributed by atoms with Crippen LogP contribution in [0.4, 0.5) is 5.95 Å². The van der Waals surface area contributed by atoms with Crippen LogP contribution in [0, 0.1) is 6.92 Å². The van der Waals surface area contributed by atoms with E-state index in [0.29, 0.717) is 6.54 Å². The smallest absolute Gasteiger partial charge is 0.225 e. The molecule has 1 aromatic heterocycles. The molecule has 0 unspecified atom stereocenters. The monoisotopic (exact) mass is 242 g/mol. The quantitative estimate of drug-likeness (QED) is 0.889. The van der Waals surface area contributed by atoms with Gasteiger partial charge in [-0.3, -0.25) is 0 Å². The normalized spacial score (nSPS) is 10.4. The van der Waals surface area contributed by atoms with Crippen LogP contribution in [0.3, 0.4) is 0 Å². The molecule has 4 heteroatoms. The van der Waals surface area contributed by atoms with Gasteiger partial charge in [-0.2, -0.15) is 0 Å². The third-order valence-corrected chi connectivity index (χ3v) is 2.71. The molecule has 4 nitrogen and oxygen atoms in total.